The van der Waals surface area contributed by atoms with Crippen molar-refractivity contribution in [1.82, 2.24) is 14.7 Å². The molecule has 2 aromatic heterocycles. The van der Waals surface area contributed by atoms with Gasteiger partial charge in [-0.05, 0) is 74.2 Å². The van der Waals surface area contributed by atoms with Crippen LogP contribution in [0, 0.1) is 32.5 Å². The van der Waals surface area contributed by atoms with Gasteiger partial charge < -0.3 is 14.6 Å². The minimum absolute atomic E-state index is 0. The van der Waals surface area contributed by atoms with Crippen molar-refractivity contribution in [1.29, 1.82) is 0 Å². The number of aromatic hydroxyl groups is 1. The van der Waals surface area contributed by atoms with Gasteiger partial charge in [0, 0.05) is 15.9 Å². The van der Waals surface area contributed by atoms with Gasteiger partial charge in [-0.25, -0.2) is 19.1 Å². The fourth-order valence-electron chi connectivity index (χ4n) is 3.88. The fraction of sp³-hybridized carbons (Fsp3) is 0.233. The second-order valence-electron chi connectivity index (χ2n) is 9.94. The molecule has 0 aliphatic rings. The molecule has 0 spiro atoms. The number of para-hydroxylation sites is 1. The summed E-state index contributed by atoms with van der Waals surface area (Å²) >= 11 is 0. The molecule has 4 rings (SSSR count). The first-order chi connectivity index (χ1) is 19.3. The van der Waals surface area contributed by atoms with E-state index in [-0.39, 0.29) is 38.8 Å². The summed E-state index contributed by atoms with van der Waals surface area (Å²) in [5.74, 6) is -0.942. The quantitative estimate of drug-likeness (QED) is 0.225. The summed E-state index contributed by atoms with van der Waals surface area (Å²) in [6.07, 6.45) is 0. The molecule has 0 radical (unpaired) electrons. The highest BCUT2D eigenvalue weighted by atomic mass is 32.2. The molecular formula is C30H36FN3O6S. The number of aromatic nitrogens is 2. The van der Waals surface area contributed by atoms with Gasteiger partial charge in [0.25, 0.3) is 15.9 Å². The number of pyridine rings is 2. The predicted molar refractivity (Wildman–Crippen MR) is 158 cm³/mol. The number of halogens is 1. The summed E-state index contributed by atoms with van der Waals surface area (Å²) in [6.45, 7) is 9.41. The van der Waals surface area contributed by atoms with E-state index in [0.717, 1.165) is 17.2 Å². The molecule has 2 N–H and O–H groups in total. The minimum Gasteiger partial charge on any atom is -0.506 e. The Morgan fingerprint density at radius 3 is 2.39 bits per heavy atom. The van der Waals surface area contributed by atoms with Gasteiger partial charge in [0.15, 0.2) is 5.03 Å². The zero-order valence-corrected chi connectivity index (χ0v) is 24.0. The number of sulfonamides is 1. The smallest absolute Gasteiger partial charge is 0.281 e. The predicted octanol–water partition coefficient (Wildman–Crippen LogP) is 6.60. The number of aryl methyl sites for hydroxylation is 3. The molecule has 0 aliphatic carbocycles. The largest absolute Gasteiger partial charge is 0.506 e. The van der Waals surface area contributed by atoms with Crippen LogP contribution in [0.25, 0.3) is 11.3 Å². The molecule has 2 aromatic carbocycles. The lowest BCUT2D eigenvalue weighted by Gasteiger charge is -2.16. The number of benzene rings is 2. The van der Waals surface area contributed by atoms with E-state index in [0.29, 0.717) is 23.7 Å². The Balaban J connectivity index is 0.00000323. The summed E-state index contributed by atoms with van der Waals surface area (Å²) in [7, 11) is -4.41. The summed E-state index contributed by atoms with van der Waals surface area (Å²) in [6, 6.07) is 14.7. The van der Waals surface area contributed by atoms with E-state index in [1.54, 1.807) is 6.07 Å². The van der Waals surface area contributed by atoms with Crippen LogP contribution in [0.1, 0.15) is 45.3 Å². The number of amides is 1. The average molecular weight is 586 g/mol. The number of nitrogens with one attached hydrogen (secondary N) is 1. The second kappa shape index (κ2) is 11.9. The number of ether oxygens (including phenoxy) is 2. The molecule has 1 amide bonds. The summed E-state index contributed by atoms with van der Waals surface area (Å²) in [5.41, 5.74) is 2.07. The van der Waals surface area contributed by atoms with Crippen LogP contribution in [0.4, 0.5) is 4.39 Å². The summed E-state index contributed by atoms with van der Waals surface area (Å²) in [5, 5.41) is 9.25. The molecule has 0 fully saturated rings. The highest BCUT2D eigenvalue weighted by Crippen LogP contribution is 2.33. The molecule has 0 bridgehead atoms. The maximum atomic E-state index is 14.5. The van der Waals surface area contributed by atoms with Crippen LogP contribution >= 0.6 is 0 Å². The van der Waals surface area contributed by atoms with Crippen LogP contribution in [0.3, 0.4) is 0 Å². The zero-order chi connectivity index (χ0) is 29.9. The highest BCUT2D eigenvalue weighted by molar-refractivity contribution is 7.90. The van der Waals surface area contributed by atoms with Crippen LogP contribution in [-0.2, 0) is 10.0 Å². The van der Waals surface area contributed by atoms with Crippen LogP contribution in [-0.4, -0.2) is 36.0 Å². The third kappa shape index (κ3) is 6.98. The second-order valence-corrected chi connectivity index (χ2v) is 11.6. The Hall–Kier alpha value is -4.51. The first-order valence-electron chi connectivity index (χ1n) is 12.8. The lowest BCUT2D eigenvalue weighted by Crippen LogP contribution is -2.31. The molecule has 9 nitrogen and oxygen atoms in total. The lowest BCUT2D eigenvalue weighted by molar-refractivity contribution is 0.0978. The molecule has 0 unspecified atom stereocenters. The number of rotatable bonds is 9. The van der Waals surface area contributed by atoms with Crippen molar-refractivity contribution in [3.63, 3.8) is 0 Å². The van der Waals surface area contributed by atoms with Gasteiger partial charge in [-0.15, -0.1) is 0 Å². The third-order valence-electron chi connectivity index (χ3n) is 6.00. The van der Waals surface area contributed by atoms with E-state index in [4.69, 9.17) is 9.47 Å². The number of carbonyl (C=O) groups is 1. The zero-order valence-electron chi connectivity index (χ0n) is 23.2. The van der Waals surface area contributed by atoms with Gasteiger partial charge in [-0.3, -0.25) is 4.79 Å². The highest BCUT2D eigenvalue weighted by Gasteiger charge is 2.25. The normalized spacial score (nSPS) is 11.4. The van der Waals surface area contributed by atoms with Gasteiger partial charge in [0.05, 0.1) is 18.0 Å². The maximum absolute atomic E-state index is 14.5. The van der Waals surface area contributed by atoms with Crippen LogP contribution in [0.5, 0.6) is 23.1 Å². The first-order valence-corrected chi connectivity index (χ1v) is 14.2. The Morgan fingerprint density at radius 1 is 1.02 bits per heavy atom. The van der Waals surface area contributed by atoms with E-state index in [1.807, 2.05) is 50.6 Å². The van der Waals surface area contributed by atoms with E-state index in [2.05, 4.69) is 9.97 Å². The van der Waals surface area contributed by atoms with Crippen molar-refractivity contribution in [2.45, 2.75) is 39.6 Å². The van der Waals surface area contributed by atoms with Crippen LogP contribution < -0.4 is 14.2 Å². The molecule has 0 aliphatic heterocycles. The van der Waals surface area contributed by atoms with Crippen molar-refractivity contribution in [3.8, 4) is 34.4 Å². The van der Waals surface area contributed by atoms with Crippen molar-refractivity contribution in [3.05, 3.63) is 88.9 Å². The number of nitrogens with zero attached hydrogens (tertiary/aromatic N) is 2. The van der Waals surface area contributed by atoms with Crippen molar-refractivity contribution in [2.75, 3.05) is 6.61 Å². The number of hydrogen-bond acceptors (Lipinski definition) is 8. The first kappa shape index (κ1) is 29.5. The van der Waals surface area contributed by atoms with E-state index >= 15 is 0 Å². The molecule has 11 heteroatoms. The van der Waals surface area contributed by atoms with Gasteiger partial charge in [-0.1, -0.05) is 32.0 Å². The third-order valence-corrected chi connectivity index (χ3v) is 7.23. The standard InChI is InChI=1S/C30H30FN3O6S.3H2/c1-17(2)16-39-23-14-21(13-22(31)15-23)25-10-9-24(30(33-25)40-28-18(3)7-6-8-19(28)4)29(36)34-41(37,38)27-12-11-26(35)20(5)32-27;;;/h6-15,17,35H,16H2,1-5H3,(H,34,36);3*1H. The number of hydrogen-bond donors (Lipinski definition) is 2. The van der Waals surface area contributed by atoms with Crippen molar-refractivity contribution < 1.29 is 36.5 Å². The average Bonchev–Trinajstić information content (AvgIpc) is 2.90. The van der Waals surface area contributed by atoms with Crippen LogP contribution in [0.2, 0.25) is 0 Å². The molecular weight excluding hydrogens is 549 g/mol. The van der Waals surface area contributed by atoms with Gasteiger partial charge in [0.1, 0.15) is 28.6 Å². The monoisotopic (exact) mass is 585 g/mol. The Labute approximate surface area is 242 Å². The van der Waals surface area contributed by atoms with Crippen molar-refractivity contribution in [2.24, 2.45) is 5.92 Å². The summed E-state index contributed by atoms with van der Waals surface area (Å²) < 4.78 is 54.2. The SMILES string of the molecule is Cc1cccc(C)c1Oc1nc(-c2cc(F)cc(OCC(C)C)c2)ccc1C(=O)NS(=O)(=O)c1ccc(O)c(C)n1.[HH].[HH].[HH]. The van der Waals surface area contributed by atoms with E-state index in [9.17, 15) is 22.7 Å². The molecule has 0 atom stereocenters. The van der Waals surface area contributed by atoms with Gasteiger partial charge >= 0.3 is 0 Å². The molecule has 0 saturated carbocycles. The molecule has 0 saturated heterocycles. The number of carbonyl (C=O) groups excluding carboxylic acids is 1. The molecule has 4 aromatic rings. The van der Waals surface area contributed by atoms with Crippen molar-refractivity contribution >= 4 is 15.9 Å². The van der Waals surface area contributed by atoms with E-state index < -0.39 is 26.8 Å². The van der Waals surface area contributed by atoms with Gasteiger partial charge in [-0.2, -0.15) is 8.42 Å². The van der Waals surface area contributed by atoms with Gasteiger partial charge in [0.2, 0.25) is 5.88 Å². The Kier molecular flexibility index (Phi) is 8.57. The van der Waals surface area contributed by atoms with E-state index in [1.165, 1.54) is 37.3 Å². The molecule has 220 valence electrons. The fourth-order valence-corrected chi connectivity index (χ4v) is 4.84. The van der Waals surface area contributed by atoms with Crippen LogP contribution in [0.15, 0.2) is 65.7 Å². The molecule has 2 heterocycles. The Bertz CT molecular complexity index is 1720. The maximum Gasteiger partial charge on any atom is 0.281 e. The minimum atomic E-state index is -4.41. The molecule has 41 heavy (non-hydrogen) atoms. The lowest BCUT2D eigenvalue weighted by atomic mass is 10.1. The Morgan fingerprint density at radius 2 is 1.73 bits per heavy atom. The topological polar surface area (TPSA) is 128 Å². The summed E-state index contributed by atoms with van der Waals surface area (Å²) in [4.78, 5) is 21.7.